The SMILES string of the molecule is COc1cc(CNCC(C)(C)C(C)C)ccc1C#N. The first-order chi connectivity index (χ1) is 8.90. The van der Waals surface area contributed by atoms with Gasteiger partial charge in [0.25, 0.3) is 0 Å². The smallest absolute Gasteiger partial charge is 0.136 e. The second kappa shape index (κ2) is 6.58. The summed E-state index contributed by atoms with van der Waals surface area (Å²) in [5, 5.41) is 12.4. The van der Waals surface area contributed by atoms with Crippen LogP contribution in [0.1, 0.15) is 38.8 Å². The zero-order chi connectivity index (χ0) is 14.5. The fourth-order valence-corrected chi connectivity index (χ4v) is 1.67. The zero-order valence-electron chi connectivity index (χ0n) is 12.6. The molecule has 0 aliphatic heterocycles. The van der Waals surface area contributed by atoms with Crippen LogP contribution in [-0.2, 0) is 6.54 Å². The largest absolute Gasteiger partial charge is 0.495 e. The lowest BCUT2D eigenvalue weighted by molar-refractivity contribution is 0.238. The van der Waals surface area contributed by atoms with Crippen LogP contribution in [0.15, 0.2) is 18.2 Å². The van der Waals surface area contributed by atoms with Gasteiger partial charge in [-0.15, -0.1) is 0 Å². The van der Waals surface area contributed by atoms with Crippen molar-refractivity contribution in [2.24, 2.45) is 11.3 Å². The van der Waals surface area contributed by atoms with E-state index in [1.54, 1.807) is 7.11 Å². The Morgan fingerprint density at radius 2 is 2.05 bits per heavy atom. The van der Waals surface area contributed by atoms with Crippen molar-refractivity contribution in [3.05, 3.63) is 29.3 Å². The first-order valence-corrected chi connectivity index (χ1v) is 6.68. The van der Waals surface area contributed by atoms with Crippen molar-refractivity contribution < 1.29 is 4.74 Å². The maximum absolute atomic E-state index is 8.94. The van der Waals surface area contributed by atoms with Gasteiger partial charge in [-0.1, -0.05) is 33.8 Å². The van der Waals surface area contributed by atoms with Crippen molar-refractivity contribution >= 4 is 0 Å². The molecule has 0 aliphatic rings. The molecule has 1 N–H and O–H groups in total. The minimum absolute atomic E-state index is 0.274. The monoisotopic (exact) mass is 260 g/mol. The van der Waals surface area contributed by atoms with Gasteiger partial charge in [-0.2, -0.15) is 5.26 Å². The van der Waals surface area contributed by atoms with Gasteiger partial charge in [-0.05, 0) is 29.0 Å². The molecule has 0 radical (unpaired) electrons. The van der Waals surface area contributed by atoms with E-state index in [4.69, 9.17) is 10.00 Å². The Hall–Kier alpha value is -1.53. The first kappa shape index (κ1) is 15.5. The summed E-state index contributed by atoms with van der Waals surface area (Å²) < 4.78 is 5.21. The van der Waals surface area contributed by atoms with Gasteiger partial charge in [0.2, 0.25) is 0 Å². The van der Waals surface area contributed by atoms with Gasteiger partial charge in [0.05, 0.1) is 12.7 Å². The Labute approximate surface area is 116 Å². The molecule has 3 nitrogen and oxygen atoms in total. The lowest BCUT2D eigenvalue weighted by atomic mass is 9.81. The fourth-order valence-electron chi connectivity index (χ4n) is 1.67. The Morgan fingerprint density at radius 3 is 2.58 bits per heavy atom. The third-order valence-corrected chi connectivity index (χ3v) is 3.86. The number of benzene rings is 1. The van der Waals surface area contributed by atoms with Crippen LogP contribution in [0, 0.1) is 22.7 Å². The van der Waals surface area contributed by atoms with Crippen molar-refractivity contribution in [2.75, 3.05) is 13.7 Å². The molecule has 1 rings (SSSR count). The number of rotatable bonds is 6. The van der Waals surface area contributed by atoms with Gasteiger partial charge in [-0.3, -0.25) is 0 Å². The number of hydrogen-bond donors (Lipinski definition) is 1. The summed E-state index contributed by atoms with van der Waals surface area (Å²) in [5.41, 5.74) is 1.99. The van der Waals surface area contributed by atoms with Crippen LogP contribution >= 0.6 is 0 Å². The predicted octanol–water partition coefficient (Wildman–Crippen LogP) is 3.34. The average molecular weight is 260 g/mol. The summed E-state index contributed by atoms with van der Waals surface area (Å²) >= 11 is 0. The first-order valence-electron chi connectivity index (χ1n) is 6.68. The normalized spacial score (nSPS) is 11.4. The minimum atomic E-state index is 0.274. The molecule has 1 aromatic carbocycles. The molecule has 0 spiro atoms. The Balaban J connectivity index is 2.62. The quantitative estimate of drug-likeness (QED) is 0.853. The molecular formula is C16H24N2O. The fraction of sp³-hybridized carbons (Fsp3) is 0.562. The van der Waals surface area contributed by atoms with Crippen molar-refractivity contribution in [3.63, 3.8) is 0 Å². The summed E-state index contributed by atoms with van der Waals surface area (Å²) in [5.74, 6) is 1.28. The van der Waals surface area contributed by atoms with Crippen LogP contribution in [0.2, 0.25) is 0 Å². The standard InChI is InChI=1S/C16H24N2O/c1-12(2)16(3,4)11-18-10-13-6-7-14(9-17)15(8-13)19-5/h6-8,12,18H,10-11H2,1-5H3. The number of hydrogen-bond acceptors (Lipinski definition) is 3. The van der Waals surface area contributed by atoms with E-state index >= 15 is 0 Å². The van der Waals surface area contributed by atoms with Crippen molar-refractivity contribution in [1.82, 2.24) is 5.32 Å². The molecule has 0 aromatic heterocycles. The number of nitrogens with zero attached hydrogens (tertiary/aromatic N) is 1. The van der Waals surface area contributed by atoms with Gasteiger partial charge in [0.1, 0.15) is 11.8 Å². The molecule has 1 aromatic rings. The minimum Gasteiger partial charge on any atom is -0.495 e. The maximum Gasteiger partial charge on any atom is 0.136 e. The molecule has 0 unspecified atom stereocenters. The molecule has 3 heteroatoms. The lowest BCUT2D eigenvalue weighted by Crippen LogP contribution is -2.33. The van der Waals surface area contributed by atoms with Crippen LogP contribution in [0.5, 0.6) is 5.75 Å². The van der Waals surface area contributed by atoms with Crippen LogP contribution in [0.4, 0.5) is 0 Å². The second-order valence-electron chi connectivity index (χ2n) is 5.89. The van der Waals surface area contributed by atoms with E-state index in [1.165, 1.54) is 0 Å². The topological polar surface area (TPSA) is 45.0 Å². The van der Waals surface area contributed by atoms with Gasteiger partial charge in [-0.25, -0.2) is 0 Å². The zero-order valence-corrected chi connectivity index (χ0v) is 12.6. The molecule has 104 valence electrons. The molecule has 0 heterocycles. The number of nitrogens with one attached hydrogen (secondary N) is 1. The van der Waals surface area contributed by atoms with Crippen molar-refractivity contribution in [3.8, 4) is 11.8 Å². The molecule has 0 saturated carbocycles. The molecular weight excluding hydrogens is 236 g/mol. The van der Waals surface area contributed by atoms with Gasteiger partial charge >= 0.3 is 0 Å². The summed E-state index contributed by atoms with van der Waals surface area (Å²) in [6.07, 6.45) is 0. The van der Waals surface area contributed by atoms with E-state index in [9.17, 15) is 0 Å². The highest BCUT2D eigenvalue weighted by Crippen LogP contribution is 2.25. The van der Waals surface area contributed by atoms with E-state index in [2.05, 4.69) is 39.1 Å². The van der Waals surface area contributed by atoms with E-state index in [0.717, 1.165) is 18.7 Å². The Kier molecular flexibility index (Phi) is 5.38. The molecule has 0 amide bonds. The summed E-state index contributed by atoms with van der Waals surface area (Å²) in [4.78, 5) is 0. The van der Waals surface area contributed by atoms with E-state index < -0.39 is 0 Å². The number of ether oxygens (including phenoxy) is 1. The van der Waals surface area contributed by atoms with Crippen molar-refractivity contribution in [2.45, 2.75) is 34.2 Å². The lowest BCUT2D eigenvalue weighted by Gasteiger charge is -2.29. The molecule has 0 fully saturated rings. The van der Waals surface area contributed by atoms with Crippen LogP contribution < -0.4 is 10.1 Å². The third-order valence-electron chi connectivity index (χ3n) is 3.86. The third kappa shape index (κ3) is 4.25. The Morgan fingerprint density at radius 1 is 1.37 bits per heavy atom. The van der Waals surface area contributed by atoms with Crippen LogP contribution in [0.3, 0.4) is 0 Å². The molecule has 0 aliphatic carbocycles. The van der Waals surface area contributed by atoms with Crippen LogP contribution in [0.25, 0.3) is 0 Å². The van der Waals surface area contributed by atoms with Crippen molar-refractivity contribution in [1.29, 1.82) is 5.26 Å². The predicted molar refractivity (Wildman–Crippen MR) is 78.0 cm³/mol. The van der Waals surface area contributed by atoms with Gasteiger partial charge in [0.15, 0.2) is 0 Å². The highest BCUT2D eigenvalue weighted by atomic mass is 16.5. The van der Waals surface area contributed by atoms with E-state index in [-0.39, 0.29) is 5.41 Å². The molecule has 0 atom stereocenters. The summed E-state index contributed by atoms with van der Waals surface area (Å²) in [6, 6.07) is 7.83. The van der Waals surface area contributed by atoms with Gasteiger partial charge in [0, 0.05) is 13.1 Å². The average Bonchev–Trinajstić information content (AvgIpc) is 2.38. The summed E-state index contributed by atoms with van der Waals surface area (Å²) in [7, 11) is 1.59. The highest BCUT2D eigenvalue weighted by Gasteiger charge is 2.21. The Bertz CT molecular complexity index is 458. The van der Waals surface area contributed by atoms with E-state index in [0.29, 0.717) is 17.2 Å². The maximum atomic E-state index is 8.94. The van der Waals surface area contributed by atoms with Crippen LogP contribution in [-0.4, -0.2) is 13.7 Å². The second-order valence-corrected chi connectivity index (χ2v) is 5.89. The number of methoxy groups -OCH3 is 1. The summed E-state index contributed by atoms with van der Waals surface area (Å²) in [6.45, 7) is 10.8. The van der Waals surface area contributed by atoms with E-state index in [1.807, 2.05) is 18.2 Å². The molecule has 0 bridgehead atoms. The molecule has 0 saturated heterocycles. The number of nitriles is 1. The highest BCUT2D eigenvalue weighted by molar-refractivity contribution is 5.45. The molecule has 19 heavy (non-hydrogen) atoms. The van der Waals surface area contributed by atoms with Gasteiger partial charge < -0.3 is 10.1 Å².